The molecule has 1 aliphatic carbocycles. The largest absolute Gasteiger partial charge is 0.479 e. The third-order valence-corrected chi connectivity index (χ3v) is 2.38. The Morgan fingerprint density at radius 2 is 1.24 bits per heavy atom. The molecule has 2 unspecified atom stereocenters. The molecule has 1 rings (SSSR count). The lowest BCUT2D eigenvalue weighted by atomic mass is 9.98. The maximum Gasteiger partial charge on any atom is 0.335 e. The van der Waals surface area contributed by atoms with Crippen molar-refractivity contribution < 1.29 is 35.1 Å². The molecule has 0 radical (unpaired) electrons. The summed E-state index contributed by atoms with van der Waals surface area (Å²) in [6, 6.07) is 0. The van der Waals surface area contributed by atoms with Gasteiger partial charge in [0.1, 0.15) is 0 Å². The first-order chi connectivity index (χ1) is 7.86. The van der Waals surface area contributed by atoms with Crippen LogP contribution in [0.2, 0.25) is 0 Å². The lowest BCUT2D eigenvalue weighted by molar-refractivity contribution is -0.165. The van der Waals surface area contributed by atoms with Gasteiger partial charge in [-0.2, -0.15) is 0 Å². The highest BCUT2D eigenvalue weighted by Gasteiger charge is 2.29. The summed E-state index contributed by atoms with van der Waals surface area (Å²) in [6.45, 7) is 0. The van der Waals surface area contributed by atoms with Crippen LogP contribution in [0, 0.1) is 0 Å². The van der Waals surface area contributed by atoms with Gasteiger partial charge in [0.25, 0.3) is 0 Å². The summed E-state index contributed by atoms with van der Waals surface area (Å²) >= 11 is 0. The summed E-state index contributed by atoms with van der Waals surface area (Å²) in [7, 11) is 0. The molecule has 0 saturated heterocycles. The SMILES string of the molecule is O=C(O)C(O)C(O)C(=O)O.OC1CCCCC1. The maximum atomic E-state index is 9.77. The lowest BCUT2D eigenvalue weighted by Gasteiger charge is -2.14. The van der Waals surface area contributed by atoms with E-state index in [9.17, 15) is 9.59 Å². The molecule has 1 aliphatic rings. The highest BCUT2D eigenvalue weighted by Crippen LogP contribution is 2.16. The molecule has 7 heteroatoms. The van der Waals surface area contributed by atoms with Crippen LogP contribution in [0.5, 0.6) is 0 Å². The number of aliphatic carboxylic acids is 2. The number of hydrogen-bond donors (Lipinski definition) is 5. The van der Waals surface area contributed by atoms with E-state index >= 15 is 0 Å². The van der Waals surface area contributed by atoms with Gasteiger partial charge in [-0.3, -0.25) is 0 Å². The van der Waals surface area contributed by atoms with Gasteiger partial charge >= 0.3 is 11.9 Å². The molecule has 7 nitrogen and oxygen atoms in total. The van der Waals surface area contributed by atoms with Crippen LogP contribution in [-0.4, -0.2) is 55.8 Å². The molecule has 2 atom stereocenters. The maximum absolute atomic E-state index is 9.77. The van der Waals surface area contributed by atoms with Crippen molar-refractivity contribution in [1.82, 2.24) is 0 Å². The summed E-state index contributed by atoms with van der Waals surface area (Å²) in [5.74, 6) is -3.54. The Morgan fingerprint density at radius 1 is 0.882 bits per heavy atom. The van der Waals surface area contributed by atoms with Gasteiger partial charge in [0, 0.05) is 0 Å². The predicted octanol–water partition coefficient (Wildman–Crippen LogP) is -0.811. The first-order valence-corrected chi connectivity index (χ1v) is 5.36. The minimum absolute atomic E-state index is 0.0359. The van der Waals surface area contributed by atoms with E-state index in [0.717, 1.165) is 12.8 Å². The van der Waals surface area contributed by atoms with E-state index in [0.29, 0.717) is 0 Å². The quantitative estimate of drug-likeness (QED) is 0.442. The van der Waals surface area contributed by atoms with Crippen LogP contribution >= 0.6 is 0 Å². The van der Waals surface area contributed by atoms with Crippen LogP contribution in [0.1, 0.15) is 32.1 Å². The summed E-state index contributed by atoms with van der Waals surface area (Å²) in [6.07, 6.45) is 1.39. The zero-order chi connectivity index (χ0) is 13.4. The molecule has 1 saturated carbocycles. The average Bonchev–Trinajstić information content (AvgIpc) is 2.28. The Hall–Kier alpha value is -1.18. The fraction of sp³-hybridized carbons (Fsp3) is 0.800. The van der Waals surface area contributed by atoms with Gasteiger partial charge in [0.2, 0.25) is 0 Å². The number of carboxylic acids is 2. The standard InChI is InChI=1S/C6H12O.C4H6O6/c7-6-4-2-1-3-5-6;5-1(3(7)8)2(6)4(9)10/h6-7H,1-5H2;1-2,5-6H,(H,7,8)(H,9,10). The normalized spacial score (nSPS) is 19.7. The zero-order valence-corrected chi connectivity index (χ0v) is 9.32. The third-order valence-electron chi connectivity index (χ3n) is 2.38. The fourth-order valence-electron chi connectivity index (χ4n) is 1.35. The second-order valence-corrected chi connectivity index (χ2v) is 3.86. The smallest absolute Gasteiger partial charge is 0.335 e. The predicted molar refractivity (Wildman–Crippen MR) is 56.4 cm³/mol. The van der Waals surface area contributed by atoms with Gasteiger partial charge in [0.05, 0.1) is 6.10 Å². The van der Waals surface area contributed by atoms with E-state index < -0.39 is 24.1 Å². The number of aliphatic hydroxyl groups excluding tert-OH is 3. The van der Waals surface area contributed by atoms with Gasteiger partial charge in [-0.1, -0.05) is 19.3 Å². The highest BCUT2D eigenvalue weighted by molar-refractivity contribution is 5.83. The van der Waals surface area contributed by atoms with Crippen molar-refractivity contribution in [3.05, 3.63) is 0 Å². The summed E-state index contributed by atoms with van der Waals surface area (Å²) in [4.78, 5) is 19.5. The number of hydrogen-bond acceptors (Lipinski definition) is 5. The van der Waals surface area contributed by atoms with Crippen molar-refractivity contribution in [2.45, 2.75) is 50.4 Å². The second-order valence-electron chi connectivity index (χ2n) is 3.86. The van der Waals surface area contributed by atoms with Crippen LogP contribution in [0.4, 0.5) is 0 Å². The third kappa shape index (κ3) is 6.88. The molecule has 5 N–H and O–H groups in total. The molecule has 0 aromatic rings. The Morgan fingerprint density at radius 3 is 1.41 bits per heavy atom. The molecule has 0 amide bonds. The Labute approximate surface area is 98.3 Å². The molecular weight excluding hydrogens is 232 g/mol. The number of carboxylic acid groups (broad SMARTS) is 2. The number of carbonyl (C=O) groups is 2. The molecule has 0 aliphatic heterocycles. The minimum Gasteiger partial charge on any atom is -0.479 e. The van der Waals surface area contributed by atoms with Gasteiger partial charge < -0.3 is 25.5 Å². The molecule has 0 aromatic heterocycles. The van der Waals surface area contributed by atoms with Crippen LogP contribution in [0.3, 0.4) is 0 Å². The van der Waals surface area contributed by atoms with Gasteiger partial charge in [-0.25, -0.2) is 9.59 Å². The van der Waals surface area contributed by atoms with E-state index in [4.69, 9.17) is 25.5 Å². The number of aliphatic hydroxyl groups is 3. The Kier molecular flexibility index (Phi) is 7.44. The molecule has 0 heterocycles. The summed E-state index contributed by atoms with van der Waals surface area (Å²) < 4.78 is 0. The molecule has 0 aromatic carbocycles. The average molecular weight is 250 g/mol. The van der Waals surface area contributed by atoms with Gasteiger partial charge in [-0.05, 0) is 12.8 Å². The minimum atomic E-state index is -2.27. The summed E-state index contributed by atoms with van der Waals surface area (Å²) in [5, 5.41) is 41.4. The van der Waals surface area contributed by atoms with E-state index in [-0.39, 0.29) is 6.10 Å². The molecule has 0 spiro atoms. The van der Waals surface area contributed by atoms with Crippen LogP contribution in [0.15, 0.2) is 0 Å². The first-order valence-electron chi connectivity index (χ1n) is 5.36. The van der Waals surface area contributed by atoms with Crippen molar-refractivity contribution in [1.29, 1.82) is 0 Å². The first kappa shape index (κ1) is 15.8. The van der Waals surface area contributed by atoms with E-state index in [1.807, 2.05) is 0 Å². The molecule has 100 valence electrons. The van der Waals surface area contributed by atoms with E-state index in [2.05, 4.69) is 0 Å². The lowest BCUT2D eigenvalue weighted by Crippen LogP contribution is -2.39. The van der Waals surface area contributed by atoms with Crippen molar-refractivity contribution in [3.63, 3.8) is 0 Å². The molecular formula is C10H18O7. The van der Waals surface area contributed by atoms with Crippen molar-refractivity contribution in [2.24, 2.45) is 0 Å². The van der Waals surface area contributed by atoms with Crippen LogP contribution in [-0.2, 0) is 9.59 Å². The number of rotatable bonds is 3. The highest BCUT2D eigenvalue weighted by atomic mass is 16.4. The fourth-order valence-corrected chi connectivity index (χ4v) is 1.35. The Balaban J connectivity index is 0.000000318. The van der Waals surface area contributed by atoms with Crippen molar-refractivity contribution in [2.75, 3.05) is 0 Å². The van der Waals surface area contributed by atoms with E-state index in [1.54, 1.807) is 0 Å². The molecule has 1 fully saturated rings. The van der Waals surface area contributed by atoms with Crippen LogP contribution in [0.25, 0.3) is 0 Å². The summed E-state index contributed by atoms with van der Waals surface area (Å²) in [5.41, 5.74) is 0. The molecule has 0 bridgehead atoms. The zero-order valence-electron chi connectivity index (χ0n) is 9.32. The van der Waals surface area contributed by atoms with Gasteiger partial charge in [-0.15, -0.1) is 0 Å². The second kappa shape index (κ2) is 7.99. The Bertz CT molecular complexity index is 229. The van der Waals surface area contributed by atoms with Crippen molar-refractivity contribution in [3.8, 4) is 0 Å². The molecule has 17 heavy (non-hydrogen) atoms. The van der Waals surface area contributed by atoms with Crippen molar-refractivity contribution >= 4 is 11.9 Å². The monoisotopic (exact) mass is 250 g/mol. The van der Waals surface area contributed by atoms with Crippen LogP contribution < -0.4 is 0 Å². The van der Waals surface area contributed by atoms with Gasteiger partial charge in [0.15, 0.2) is 12.2 Å². The topological polar surface area (TPSA) is 135 Å². The van der Waals surface area contributed by atoms with E-state index in [1.165, 1.54) is 19.3 Å².